The maximum atomic E-state index is 11.9. The second kappa shape index (κ2) is 6.41. The normalized spacial score (nSPS) is 18.1. The number of carbonyl (C=O) groups is 2. The number of esters is 2. The number of nitrogens with zero attached hydrogens (tertiary/aromatic N) is 1. The summed E-state index contributed by atoms with van der Waals surface area (Å²) < 4.78 is 9.53. The van der Waals surface area contributed by atoms with Gasteiger partial charge in [-0.1, -0.05) is 18.2 Å². The number of hydrogen-bond donors (Lipinski definition) is 0. The van der Waals surface area contributed by atoms with Gasteiger partial charge in [-0.25, -0.2) is 0 Å². The van der Waals surface area contributed by atoms with Crippen LogP contribution in [-0.2, 0) is 19.1 Å². The lowest BCUT2D eigenvalue weighted by Crippen LogP contribution is -2.44. The van der Waals surface area contributed by atoms with Crippen molar-refractivity contribution in [2.24, 2.45) is 5.92 Å². The minimum atomic E-state index is -0.896. The lowest BCUT2D eigenvalue weighted by atomic mass is 9.97. The number of anilines is 1. The highest BCUT2D eigenvalue weighted by Crippen LogP contribution is 2.30. The van der Waals surface area contributed by atoms with E-state index in [9.17, 15) is 9.59 Å². The van der Waals surface area contributed by atoms with Gasteiger partial charge in [0.05, 0.1) is 20.3 Å². The molecule has 0 N–H and O–H groups in total. The smallest absolute Gasteiger partial charge is 0.322 e. The van der Waals surface area contributed by atoms with Crippen LogP contribution in [0.4, 0.5) is 5.69 Å². The van der Waals surface area contributed by atoms with Crippen LogP contribution in [0.3, 0.4) is 0 Å². The Morgan fingerprint density at radius 3 is 2.30 bits per heavy atom. The maximum Gasteiger partial charge on any atom is 0.322 e. The van der Waals surface area contributed by atoms with Gasteiger partial charge in [0, 0.05) is 12.2 Å². The summed E-state index contributed by atoms with van der Waals surface area (Å²) in [6, 6.07) is 9.56. The summed E-state index contributed by atoms with van der Waals surface area (Å²) in [4.78, 5) is 25.9. The van der Waals surface area contributed by atoms with Gasteiger partial charge in [0.1, 0.15) is 0 Å². The number of para-hydroxylation sites is 1. The van der Waals surface area contributed by atoms with Crippen molar-refractivity contribution in [3.05, 3.63) is 30.3 Å². The average molecular weight is 277 g/mol. The predicted molar refractivity (Wildman–Crippen MR) is 74.3 cm³/mol. The molecule has 0 radical (unpaired) electrons. The van der Waals surface area contributed by atoms with E-state index in [1.807, 2.05) is 30.3 Å². The number of hydrogen-bond acceptors (Lipinski definition) is 5. The zero-order chi connectivity index (χ0) is 14.5. The highest BCUT2D eigenvalue weighted by Gasteiger charge is 2.42. The summed E-state index contributed by atoms with van der Waals surface area (Å²) in [5, 5.41) is 0. The van der Waals surface area contributed by atoms with Crippen LogP contribution in [0.2, 0.25) is 0 Å². The molecule has 108 valence electrons. The molecule has 1 aromatic carbocycles. The van der Waals surface area contributed by atoms with Crippen molar-refractivity contribution in [3.63, 3.8) is 0 Å². The Morgan fingerprint density at radius 2 is 1.75 bits per heavy atom. The van der Waals surface area contributed by atoms with Crippen molar-refractivity contribution in [1.29, 1.82) is 0 Å². The van der Waals surface area contributed by atoms with Crippen LogP contribution in [0.1, 0.15) is 12.8 Å². The second-order valence-electron chi connectivity index (χ2n) is 4.76. The summed E-state index contributed by atoms with van der Waals surface area (Å²) in [7, 11) is 2.58. The lowest BCUT2D eigenvalue weighted by Gasteiger charge is -2.30. The number of ether oxygens (including phenoxy) is 2. The molecule has 1 unspecified atom stereocenters. The van der Waals surface area contributed by atoms with E-state index < -0.39 is 17.9 Å². The van der Waals surface area contributed by atoms with Gasteiger partial charge in [-0.05, 0) is 25.0 Å². The molecule has 1 aliphatic heterocycles. The van der Waals surface area contributed by atoms with Gasteiger partial charge in [0.2, 0.25) is 0 Å². The third-order valence-corrected chi connectivity index (χ3v) is 3.68. The fourth-order valence-electron chi connectivity index (χ4n) is 2.74. The van der Waals surface area contributed by atoms with Gasteiger partial charge in [0.25, 0.3) is 0 Å². The van der Waals surface area contributed by atoms with E-state index in [0.29, 0.717) is 0 Å². The number of carbonyl (C=O) groups excluding carboxylic acids is 2. The molecule has 0 saturated carbocycles. The molecule has 1 fully saturated rings. The Morgan fingerprint density at radius 1 is 1.15 bits per heavy atom. The van der Waals surface area contributed by atoms with Crippen LogP contribution in [0.5, 0.6) is 0 Å². The minimum Gasteiger partial charge on any atom is -0.468 e. The molecule has 0 bridgehead atoms. The van der Waals surface area contributed by atoms with Gasteiger partial charge in [-0.3, -0.25) is 9.59 Å². The van der Waals surface area contributed by atoms with E-state index in [1.54, 1.807) is 0 Å². The van der Waals surface area contributed by atoms with E-state index in [0.717, 1.165) is 25.1 Å². The van der Waals surface area contributed by atoms with Crippen molar-refractivity contribution in [1.82, 2.24) is 0 Å². The van der Waals surface area contributed by atoms with Crippen molar-refractivity contribution in [2.75, 3.05) is 25.7 Å². The van der Waals surface area contributed by atoms with Gasteiger partial charge < -0.3 is 14.4 Å². The van der Waals surface area contributed by atoms with E-state index >= 15 is 0 Å². The summed E-state index contributed by atoms with van der Waals surface area (Å²) in [6.45, 7) is 0.819. The lowest BCUT2D eigenvalue weighted by molar-refractivity contribution is -0.159. The standard InChI is InChI=1S/C15H19NO4/c1-19-14(17)13(15(18)20-2)12-9-6-10-16(12)11-7-4-3-5-8-11/h3-5,7-8,12-13H,6,9-10H2,1-2H3. The maximum absolute atomic E-state index is 11.9. The van der Waals surface area contributed by atoms with Crippen LogP contribution in [-0.4, -0.2) is 38.7 Å². The third kappa shape index (κ3) is 2.76. The second-order valence-corrected chi connectivity index (χ2v) is 4.76. The number of benzene rings is 1. The highest BCUT2D eigenvalue weighted by molar-refractivity contribution is 5.96. The van der Waals surface area contributed by atoms with Crippen LogP contribution in [0, 0.1) is 5.92 Å². The molecule has 20 heavy (non-hydrogen) atoms. The van der Waals surface area contributed by atoms with Gasteiger partial charge in [-0.15, -0.1) is 0 Å². The van der Waals surface area contributed by atoms with E-state index in [2.05, 4.69) is 4.90 Å². The Balaban J connectivity index is 2.27. The topological polar surface area (TPSA) is 55.8 Å². The molecular weight excluding hydrogens is 258 g/mol. The average Bonchev–Trinajstić information content (AvgIpc) is 2.97. The Kier molecular flexibility index (Phi) is 4.61. The molecule has 0 spiro atoms. The molecule has 1 heterocycles. The predicted octanol–water partition coefficient (Wildman–Crippen LogP) is 1.62. The zero-order valence-electron chi connectivity index (χ0n) is 11.7. The van der Waals surface area contributed by atoms with E-state index in [4.69, 9.17) is 9.47 Å². The largest absolute Gasteiger partial charge is 0.468 e. The van der Waals surface area contributed by atoms with Crippen LogP contribution < -0.4 is 4.90 Å². The summed E-state index contributed by atoms with van der Waals surface area (Å²) in [6.07, 6.45) is 1.70. The van der Waals surface area contributed by atoms with Crippen molar-refractivity contribution < 1.29 is 19.1 Å². The summed E-state index contributed by atoms with van der Waals surface area (Å²) in [5.74, 6) is -1.97. The van der Waals surface area contributed by atoms with Crippen LogP contribution in [0.25, 0.3) is 0 Å². The SMILES string of the molecule is COC(=O)C(C(=O)OC)C1CCCN1c1ccccc1. The quantitative estimate of drug-likeness (QED) is 0.618. The third-order valence-electron chi connectivity index (χ3n) is 3.68. The van der Waals surface area contributed by atoms with Gasteiger partial charge in [-0.2, -0.15) is 0 Å². The van der Waals surface area contributed by atoms with Gasteiger partial charge >= 0.3 is 11.9 Å². The first kappa shape index (κ1) is 14.4. The van der Waals surface area contributed by atoms with Crippen molar-refractivity contribution >= 4 is 17.6 Å². The van der Waals surface area contributed by atoms with E-state index in [-0.39, 0.29) is 6.04 Å². The van der Waals surface area contributed by atoms with Crippen molar-refractivity contribution in [3.8, 4) is 0 Å². The minimum absolute atomic E-state index is 0.211. The molecule has 0 aromatic heterocycles. The molecule has 1 aromatic rings. The fourth-order valence-corrected chi connectivity index (χ4v) is 2.74. The monoisotopic (exact) mass is 277 g/mol. The Hall–Kier alpha value is -2.04. The van der Waals surface area contributed by atoms with Crippen LogP contribution in [0.15, 0.2) is 30.3 Å². The fraction of sp³-hybridized carbons (Fsp3) is 0.467. The molecule has 1 aliphatic rings. The Labute approximate surface area is 118 Å². The molecule has 2 rings (SSSR count). The van der Waals surface area contributed by atoms with Crippen LogP contribution >= 0.6 is 0 Å². The van der Waals surface area contributed by atoms with Gasteiger partial charge in [0.15, 0.2) is 5.92 Å². The molecule has 0 amide bonds. The number of rotatable bonds is 4. The summed E-state index contributed by atoms with van der Waals surface area (Å²) in [5.41, 5.74) is 1.01. The molecular formula is C15H19NO4. The highest BCUT2D eigenvalue weighted by atomic mass is 16.5. The first-order valence-corrected chi connectivity index (χ1v) is 6.66. The molecule has 5 nitrogen and oxygen atoms in total. The summed E-state index contributed by atoms with van der Waals surface area (Å²) >= 11 is 0. The Bertz CT molecular complexity index is 458. The first-order chi connectivity index (χ1) is 9.69. The van der Waals surface area contributed by atoms with E-state index in [1.165, 1.54) is 14.2 Å². The molecule has 5 heteroatoms. The molecule has 1 saturated heterocycles. The zero-order valence-corrected chi connectivity index (χ0v) is 11.7. The first-order valence-electron chi connectivity index (χ1n) is 6.66. The van der Waals surface area contributed by atoms with Crippen molar-refractivity contribution in [2.45, 2.75) is 18.9 Å². The molecule has 0 aliphatic carbocycles. The molecule has 1 atom stereocenters. The number of methoxy groups -OCH3 is 2.